The van der Waals surface area contributed by atoms with Crippen LogP contribution in [-0.4, -0.2) is 49.2 Å². The fourth-order valence-electron chi connectivity index (χ4n) is 3.28. The lowest BCUT2D eigenvalue weighted by atomic mass is 10.0. The summed E-state index contributed by atoms with van der Waals surface area (Å²) in [5, 5.41) is 3.38. The minimum Gasteiger partial charge on any atom is -0.357 e. The molecule has 0 aromatic carbocycles. The first-order chi connectivity index (χ1) is 9.85. The molecule has 0 saturated carbocycles. The topological polar surface area (TPSA) is 31.4 Å². The zero-order chi connectivity index (χ0) is 13.8. The predicted molar refractivity (Wildman–Crippen MR) is 83.0 cm³/mol. The van der Waals surface area contributed by atoms with Gasteiger partial charge in [0.1, 0.15) is 5.82 Å². The lowest BCUT2D eigenvalue weighted by Gasteiger charge is -2.31. The van der Waals surface area contributed by atoms with Gasteiger partial charge in [-0.05, 0) is 57.5 Å². The summed E-state index contributed by atoms with van der Waals surface area (Å²) >= 11 is 0. The van der Waals surface area contributed by atoms with Crippen molar-refractivity contribution < 1.29 is 0 Å². The summed E-state index contributed by atoms with van der Waals surface area (Å²) in [4.78, 5) is 9.58. The number of hydrogen-bond acceptors (Lipinski definition) is 4. The van der Waals surface area contributed by atoms with Crippen molar-refractivity contribution in [1.82, 2.24) is 15.2 Å². The normalized spacial score (nSPS) is 21.6. The molecule has 4 heteroatoms. The molecule has 3 heterocycles. The van der Waals surface area contributed by atoms with E-state index >= 15 is 0 Å². The molecule has 0 radical (unpaired) electrons. The van der Waals surface area contributed by atoms with Crippen LogP contribution in [0, 0.1) is 0 Å². The van der Waals surface area contributed by atoms with Gasteiger partial charge in [0.25, 0.3) is 0 Å². The maximum Gasteiger partial charge on any atom is 0.128 e. The third-order valence-electron chi connectivity index (χ3n) is 4.64. The van der Waals surface area contributed by atoms with E-state index in [0.29, 0.717) is 6.04 Å². The van der Waals surface area contributed by atoms with Crippen LogP contribution in [0.2, 0.25) is 0 Å². The van der Waals surface area contributed by atoms with Crippen molar-refractivity contribution >= 4 is 5.82 Å². The summed E-state index contributed by atoms with van der Waals surface area (Å²) in [6.45, 7) is 5.77. The Balaban J connectivity index is 1.53. The largest absolute Gasteiger partial charge is 0.357 e. The van der Waals surface area contributed by atoms with Crippen molar-refractivity contribution in [3.63, 3.8) is 0 Å². The van der Waals surface area contributed by atoms with E-state index in [9.17, 15) is 0 Å². The van der Waals surface area contributed by atoms with Gasteiger partial charge < -0.3 is 10.2 Å². The van der Waals surface area contributed by atoms with Gasteiger partial charge in [-0.2, -0.15) is 0 Å². The third kappa shape index (κ3) is 3.30. The van der Waals surface area contributed by atoms with Gasteiger partial charge in [-0.1, -0.05) is 6.07 Å². The molecule has 2 aliphatic rings. The van der Waals surface area contributed by atoms with Crippen LogP contribution in [0.1, 0.15) is 31.2 Å². The minimum atomic E-state index is 0.710. The van der Waals surface area contributed by atoms with Gasteiger partial charge in [0, 0.05) is 31.9 Å². The van der Waals surface area contributed by atoms with Crippen molar-refractivity contribution in [2.24, 2.45) is 0 Å². The molecule has 0 atom stereocenters. The molecule has 20 heavy (non-hydrogen) atoms. The molecule has 3 rings (SSSR count). The summed E-state index contributed by atoms with van der Waals surface area (Å²) in [6, 6.07) is 5.16. The van der Waals surface area contributed by atoms with Crippen molar-refractivity contribution in [3.8, 4) is 0 Å². The second-order valence-corrected chi connectivity index (χ2v) is 6.06. The first-order valence-corrected chi connectivity index (χ1v) is 7.94. The lowest BCUT2D eigenvalue weighted by Crippen LogP contribution is -2.40. The highest BCUT2D eigenvalue weighted by Gasteiger charge is 2.18. The monoisotopic (exact) mass is 274 g/mol. The van der Waals surface area contributed by atoms with E-state index in [1.54, 1.807) is 0 Å². The van der Waals surface area contributed by atoms with Gasteiger partial charge in [-0.25, -0.2) is 4.98 Å². The molecular weight excluding hydrogens is 248 g/mol. The molecular formula is C16H26N4. The zero-order valence-electron chi connectivity index (χ0n) is 12.5. The van der Waals surface area contributed by atoms with Gasteiger partial charge in [0.15, 0.2) is 0 Å². The molecule has 1 aromatic heterocycles. The van der Waals surface area contributed by atoms with Gasteiger partial charge in [-0.15, -0.1) is 0 Å². The standard InChI is InChI=1S/C16H26N4/c1-17-15-6-10-19(11-7-15)13-14-4-5-16(18-12-14)20-8-2-3-9-20/h4-5,12,15,17H,2-3,6-11,13H2,1H3. The van der Waals surface area contributed by atoms with Crippen LogP contribution in [0.15, 0.2) is 18.3 Å². The molecule has 0 spiro atoms. The van der Waals surface area contributed by atoms with Crippen LogP contribution in [0.5, 0.6) is 0 Å². The fraction of sp³-hybridized carbons (Fsp3) is 0.688. The van der Waals surface area contributed by atoms with Crippen molar-refractivity contribution in [2.45, 2.75) is 38.3 Å². The fourth-order valence-corrected chi connectivity index (χ4v) is 3.28. The third-order valence-corrected chi connectivity index (χ3v) is 4.64. The summed E-state index contributed by atoms with van der Waals surface area (Å²) in [5.74, 6) is 1.15. The molecule has 110 valence electrons. The highest BCUT2D eigenvalue weighted by Crippen LogP contribution is 2.19. The van der Waals surface area contributed by atoms with Gasteiger partial charge in [0.05, 0.1) is 0 Å². The Labute approximate surface area is 122 Å². The first kappa shape index (κ1) is 13.8. The maximum atomic E-state index is 4.64. The minimum absolute atomic E-state index is 0.710. The quantitative estimate of drug-likeness (QED) is 0.908. The number of anilines is 1. The summed E-state index contributed by atoms with van der Waals surface area (Å²) in [6.07, 6.45) is 7.21. The van der Waals surface area contributed by atoms with Gasteiger partial charge >= 0.3 is 0 Å². The van der Waals surface area contributed by atoms with E-state index in [4.69, 9.17) is 0 Å². The number of piperidine rings is 1. The van der Waals surface area contributed by atoms with Crippen molar-refractivity contribution in [2.75, 3.05) is 38.1 Å². The number of nitrogens with one attached hydrogen (secondary N) is 1. The number of rotatable bonds is 4. The Hall–Kier alpha value is -1.13. The first-order valence-electron chi connectivity index (χ1n) is 7.94. The van der Waals surface area contributed by atoms with E-state index in [0.717, 1.165) is 12.4 Å². The highest BCUT2D eigenvalue weighted by molar-refractivity contribution is 5.40. The number of likely N-dealkylation sites (tertiary alicyclic amines) is 1. The van der Waals surface area contributed by atoms with E-state index in [1.165, 1.54) is 57.4 Å². The molecule has 2 fully saturated rings. The number of aromatic nitrogens is 1. The molecule has 1 aromatic rings. The Morgan fingerprint density at radius 2 is 1.90 bits per heavy atom. The van der Waals surface area contributed by atoms with E-state index in [2.05, 4.69) is 45.5 Å². The van der Waals surface area contributed by atoms with Crippen LogP contribution in [-0.2, 0) is 6.54 Å². The molecule has 0 bridgehead atoms. The van der Waals surface area contributed by atoms with Crippen LogP contribution in [0.25, 0.3) is 0 Å². The molecule has 0 unspecified atom stereocenters. The summed E-state index contributed by atoms with van der Waals surface area (Å²) < 4.78 is 0. The highest BCUT2D eigenvalue weighted by atomic mass is 15.2. The molecule has 2 saturated heterocycles. The Kier molecular flexibility index (Phi) is 4.53. The maximum absolute atomic E-state index is 4.64. The molecule has 0 aliphatic carbocycles. The van der Waals surface area contributed by atoms with Gasteiger partial charge in [-0.3, -0.25) is 4.90 Å². The second-order valence-electron chi connectivity index (χ2n) is 6.06. The number of nitrogens with zero attached hydrogens (tertiary/aromatic N) is 3. The van der Waals surface area contributed by atoms with Crippen LogP contribution in [0.3, 0.4) is 0 Å². The average molecular weight is 274 g/mol. The lowest BCUT2D eigenvalue weighted by molar-refractivity contribution is 0.194. The van der Waals surface area contributed by atoms with Crippen LogP contribution in [0.4, 0.5) is 5.82 Å². The zero-order valence-corrected chi connectivity index (χ0v) is 12.5. The second kappa shape index (κ2) is 6.55. The summed E-state index contributed by atoms with van der Waals surface area (Å²) in [7, 11) is 2.07. The van der Waals surface area contributed by atoms with Crippen molar-refractivity contribution in [1.29, 1.82) is 0 Å². The van der Waals surface area contributed by atoms with Gasteiger partial charge in [0.2, 0.25) is 0 Å². The number of hydrogen-bond donors (Lipinski definition) is 1. The molecule has 2 aliphatic heterocycles. The van der Waals surface area contributed by atoms with E-state index in [1.807, 2.05) is 0 Å². The van der Waals surface area contributed by atoms with Crippen molar-refractivity contribution in [3.05, 3.63) is 23.9 Å². The predicted octanol–water partition coefficient (Wildman–Crippen LogP) is 1.87. The van der Waals surface area contributed by atoms with E-state index < -0.39 is 0 Å². The Bertz CT molecular complexity index is 403. The van der Waals surface area contributed by atoms with E-state index in [-0.39, 0.29) is 0 Å². The van der Waals surface area contributed by atoms with Crippen LogP contribution < -0.4 is 10.2 Å². The Morgan fingerprint density at radius 3 is 2.50 bits per heavy atom. The van der Waals surface area contributed by atoms with Crippen LogP contribution >= 0.6 is 0 Å². The Morgan fingerprint density at radius 1 is 1.15 bits per heavy atom. The number of pyridine rings is 1. The smallest absolute Gasteiger partial charge is 0.128 e. The SMILES string of the molecule is CNC1CCN(Cc2ccc(N3CCCC3)nc2)CC1. The molecule has 0 amide bonds. The molecule has 1 N–H and O–H groups in total. The molecule has 4 nitrogen and oxygen atoms in total. The average Bonchev–Trinajstić information content (AvgIpc) is 3.03. The summed E-state index contributed by atoms with van der Waals surface area (Å²) in [5.41, 5.74) is 1.34.